The van der Waals surface area contributed by atoms with E-state index in [4.69, 9.17) is 14.2 Å². The van der Waals surface area contributed by atoms with Gasteiger partial charge in [0.1, 0.15) is 0 Å². The average molecular weight is 373 g/mol. The molecule has 1 fully saturated rings. The van der Waals surface area contributed by atoms with Crippen LogP contribution in [0, 0.1) is 5.92 Å². The number of carbonyl (C=O) groups excluding carboxylic acids is 2. The first-order valence-electron chi connectivity index (χ1n) is 8.95. The van der Waals surface area contributed by atoms with Crippen LogP contribution in [0.1, 0.15) is 32.3 Å². The van der Waals surface area contributed by atoms with Crippen LogP contribution in [0.3, 0.4) is 0 Å². The van der Waals surface area contributed by atoms with Crippen molar-refractivity contribution in [3.05, 3.63) is 35.4 Å². The summed E-state index contributed by atoms with van der Waals surface area (Å²) < 4.78 is 15.9. The quantitative estimate of drug-likeness (QED) is 0.715. The highest BCUT2D eigenvalue weighted by Gasteiger charge is 2.27. The fourth-order valence-corrected chi connectivity index (χ4v) is 3.03. The third-order valence-corrected chi connectivity index (χ3v) is 4.25. The van der Waals surface area contributed by atoms with Crippen molar-refractivity contribution >= 4 is 17.9 Å². The van der Waals surface area contributed by atoms with E-state index in [2.05, 4.69) is 0 Å². The van der Waals surface area contributed by atoms with Gasteiger partial charge < -0.3 is 14.2 Å². The Bertz CT molecular complexity index is 739. The summed E-state index contributed by atoms with van der Waals surface area (Å²) in [7, 11) is 4.60. The molecule has 1 aromatic carbocycles. The van der Waals surface area contributed by atoms with Crippen molar-refractivity contribution in [1.29, 1.82) is 0 Å². The van der Waals surface area contributed by atoms with Crippen LogP contribution < -0.4 is 14.2 Å². The fraction of sp³-hybridized carbons (Fsp3) is 0.429. The monoisotopic (exact) mass is 373 g/mol. The average Bonchev–Trinajstić information content (AvgIpc) is 2.66. The highest BCUT2D eigenvalue weighted by atomic mass is 16.5. The van der Waals surface area contributed by atoms with Gasteiger partial charge in [0.2, 0.25) is 5.75 Å². The number of nitrogens with zero attached hydrogens (tertiary/aromatic N) is 1. The standard InChI is InChI=1S/C21H27NO5/c1-14(2)11-16-7-6-10-22(21(16)24)19(23)9-8-15-12-17(25-3)20(27-5)18(13-15)26-4/h8-9,11-14H,6-7,10H2,1-5H3. The fourth-order valence-electron chi connectivity index (χ4n) is 3.03. The third-order valence-electron chi connectivity index (χ3n) is 4.25. The zero-order valence-electron chi connectivity index (χ0n) is 16.6. The van der Waals surface area contributed by atoms with Crippen molar-refractivity contribution in [3.63, 3.8) is 0 Å². The first-order chi connectivity index (χ1) is 12.9. The maximum atomic E-state index is 12.5. The van der Waals surface area contributed by atoms with Crippen molar-refractivity contribution in [2.24, 2.45) is 5.92 Å². The molecule has 2 amide bonds. The van der Waals surface area contributed by atoms with Gasteiger partial charge in [-0.25, -0.2) is 0 Å². The molecule has 1 aromatic rings. The first kappa shape index (κ1) is 20.6. The number of ether oxygens (including phenoxy) is 3. The molecule has 0 bridgehead atoms. The van der Waals surface area contributed by atoms with Gasteiger partial charge in [-0.05, 0) is 42.5 Å². The maximum absolute atomic E-state index is 12.5. The Morgan fingerprint density at radius 2 is 1.74 bits per heavy atom. The first-order valence-corrected chi connectivity index (χ1v) is 8.95. The summed E-state index contributed by atoms with van der Waals surface area (Å²) in [6, 6.07) is 3.49. The molecule has 0 unspecified atom stereocenters. The van der Waals surface area contributed by atoms with Gasteiger partial charge >= 0.3 is 0 Å². The number of likely N-dealkylation sites (tertiary alicyclic amines) is 1. The van der Waals surface area contributed by atoms with Gasteiger partial charge in [-0.3, -0.25) is 14.5 Å². The summed E-state index contributed by atoms with van der Waals surface area (Å²) in [6.07, 6.45) is 6.48. The molecule has 6 heteroatoms. The van der Waals surface area contributed by atoms with Crippen molar-refractivity contribution in [1.82, 2.24) is 4.90 Å². The summed E-state index contributed by atoms with van der Waals surface area (Å²) in [5.41, 5.74) is 1.42. The van der Waals surface area contributed by atoms with Crippen LogP contribution in [-0.4, -0.2) is 44.6 Å². The largest absolute Gasteiger partial charge is 0.493 e. The second kappa shape index (κ2) is 9.26. The molecule has 1 heterocycles. The zero-order chi connectivity index (χ0) is 20.0. The molecule has 2 rings (SSSR count). The van der Waals surface area contributed by atoms with Crippen LogP contribution in [0.4, 0.5) is 0 Å². The molecule has 27 heavy (non-hydrogen) atoms. The molecule has 1 aliphatic rings. The predicted octanol–water partition coefficient (Wildman–Crippen LogP) is 3.46. The topological polar surface area (TPSA) is 65.1 Å². The highest BCUT2D eigenvalue weighted by molar-refractivity contribution is 6.09. The molecule has 0 spiro atoms. The van der Waals surface area contributed by atoms with Crippen LogP contribution in [0.25, 0.3) is 6.08 Å². The van der Waals surface area contributed by atoms with E-state index in [-0.39, 0.29) is 17.7 Å². The minimum absolute atomic E-state index is 0.200. The lowest BCUT2D eigenvalue weighted by Crippen LogP contribution is -2.40. The molecule has 0 saturated carbocycles. The molecule has 0 atom stereocenters. The van der Waals surface area contributed by atoms with Crippen LogP contribution in [0.15, 0.2) is 29.9 Å². The van der Waals surface area contributed by atoms with E-state index in [9.17, 15) is 9.59 Å². The summed E-state index contributed by atoms with van der Waals surface area (Å²) in [4.78, 5) is 26.4. The Morgan fingerprint density at radius 1 is 1.11 bits per heavy atom. The normalized spacial score (nSPS) is 16.3. The van der Waals surface area contributed by atoms with E-state index in [0.717, 1.165) is 12.8 Å². The van der Waals surface area contributed by atoms with Crippen LogP contribution >= 0.6 is 0 Å². The van der Waals surface area contributed by atoms with E-state index in [1.807, 2.05) is 19.9 Å². The Kier molecular flexibility index (Phi) is 7.05. The summed E-state index contributed by atoms with van der Waals surface area (Å²) in [5, 5.41) is 0. The minimum Gasteiger partial charge on any atom is -0.493 e. The van der Waals surface area contributed by atoms with E-state index >= 15 is 0 Å². The maximum Gasteiger partial charge on any atom is 0.256 e. The lowest BCUT2D eigenvalue weighted by atomic mass is 9.99. The second-order valence-electron chi connectivity index (χ2n) is 6.63. The van der Waals surface area contributed by atoms with E-state index in [1.54, 1.807) is 18.2 Å². The van der Waals surface area contributed by atoms with E-state index in [0.29, 0.717) is 34.9 Å². The van der Waals surface area contributed by atoms with Gasteiger partial charge in [0.05, 0.1) is 21.3 Å². The summed E-state index contributed by atoms with van der Waals surface area (Å²) in [5.74, 6) is 1.23. The van der Waals surface area contributed by atoms with Gasteiger partial charge in [0, 0.05) is 18.2 Å². The van der Waals surface area contributed by atoms with Crippen molar-refractivity contribution in [2.75, 3.05) is 27.9 Å². The van der Waals surface area contributed by atoms with Gasteiger partial charge in [-0.15, -0.1) is 0 Å². The molecule has 0 radical (unpaired) electrons. The molecular formula is C21H27NO5. The predicted molar refractivity (Wildman–Crippen MR) is 104 cm³/mol. The number of benzene rings is 1. The van der Waals surface area contributed by atoms with Crippen LogP contribution in [0.2, 0.25) is 0 Å². The molecule has 1 aliphatic heterocycles. The second-order valence-corrected chi connectivity index (χ2v) is 6.63. The molecule has 1 saturated heterocycles. The Morgan fingerprint density at radius 3 is 2.26 bits per heavy atom. The van der Waals surface area contributed by atoms with Gasteiger partial charge in [-0.2, -0.15) is 0 Å². The molecule has 0 aliphatic carbocycles. The highest BCUT2D eigenvalue weighted by Crippen LogP contribution is 2.38. The number of hydrogen-bond donors (Lipinski definition) is 0. The molecular weight excluding hydrogens is 346 g/mol. The lowest BCUT2D eigenvalue weighted by molar-refractivity contribution is -0.140. The number of rotatable bonds is 6. The minimum atomic E-state index is -0.330. The lowest BCUT2D eigenvalue weighted by Gasteiger charge is -2.26. The van der Waals surface area contributed by atoms with Crippen LogP contribution in [-0.2, 0) is 9.59 Å². The Balaban J connectivity index is 2.22. The van der Waals surface area contributed by atoms with Gasteiger partial charge in [0.15, 0.2) is 11.5 Å². The van der Waals surface area contributed by atoms with Gasteiger partial charge in [0.25, 0.3) is 11.8 Å². The SMILES string of the molecule is COc1cc(C=CC(=O)N2CCCC(=CC(C)C)C2=O)cc(OC)c1OC. The number of piperidine rings is 1. The summed E-state index contributed by atoms with van der Waals surface area (Å²) >= 11 is 0. The van der Waals surface area contributed by atoms with Crippen molar-refractivity contribution in [2.45, 2.75) is 26.7 Å². The molecule has 0 aromatic heterocycles. The van der Waals surface area contributed by atoms with Crippen LogP contribution in [0.5, 0.6) is 17.2 Å². The molecule has 6 nitrogen and oxygen atoms in total. The summed E-state index contributed by atoms with van der Waals surface area (Å²) in [6.45, 7) is 4.48. The van der Waals surface area contributed by atoms with E-state index in [1.165, 1.54) is 32.3 Å². The zero-order valence-corrected chi connectivity index (χ0v) is 16.6. The smallest absolute Gasteiger partial charge is 0.256 e. The molecule has 0 N–H and O–H groups in total. The Hall–Kier alpha value is -2.76. The van der Waals surface area contributed by atoms with E-state index < -0.39 is 0 Å². The number of amides is 2. The Labute approximate surface area is 160 Å². The molecule has 146 valence electrons. The number of methoxy groups -OCH3 is 3. The number of hydrogen-bond acceptors (Lipinski definition) is 5. The van der Waals surface area contributed by atoms with Crippen molar-refractivity contribution in [3.8, 4) is 17.2 Å². The van der Waals surface area contributed by atoms with Crippen molar-refractivity contribution < 1.29 is 23.8 Å². The number of allylic oxidation sites excluding steroid dienone is 1. The van der Waals surface area contributed by atoms with Gasteiger partial charge in [-0.1, -0.05) is 19.9 Å². The number of imide groups is 1. The third kappa shape index (κ3) is 4.90. The number of carbonyl (C=O) groups is 2.